The minimum absolute atomic E-state index is 0.0749. The van der Waals surface area contributed by atoms with Crippen LogP contribution in [-0.4, -0.2) is 39.8 Å². The van der Waals surface area contributed by atoms with Gasteiger partial charge in [0.2, 0.25) is 5.91 Å². The number of ether oxygens (including phenoxy) is 2. The predicted octanol–water partition coefficient (Wildman–Crippen LogP) is 0.958. The zero-order chi connectivity index (χ0) is 15.9. The first-order valence-electron chi connectivity index (χ1n) is 6.95. The van der Waals surface area contributed by atoms with Crippen LogP contribution in [0.1, 0.15) is 25.5 Å². The summed E-state index contributed by atoms with van der Waals surface area (Å²) in [6.07, 6.45) is 1.39. The summed E-state index contributed by atoms with van der Waals surface area (Å²) in [5.41, 5.74) is 0.922. The lowest BCUT2D eigenvalue weighted by Crippen LogP contribution is -2.30. The third-order valence-electron chi connectivity index (χ3n) is 3.06. The highest BCUT2D eigenvalue weighted by atomic mass is 16.5. The number of hydrogen-bond donors (Lipinski definition) is 1. The zero-order valence-electron chi connectivity index (χ0n) is 12.8. The van der Waals surface area contributed by atoms with Crippen molar-refractivity contribution in [3.05, 3.63) is 30.1 Å². The smallest absolute Gasteiger partial charge is 0.242 e. The molecule has 2 aromatic rings. The van der Waals surface area contributed by atoms with Crippen LogP contribution in [0, 0.1) is 0 Å². The second kappa shape index (κ2) is 7.39. The number of carbonyl (C=O) groups excluding carboxylic acids is 1. The van der Waals surface area contributed by atoms with Gasteiger partial charge in [-0.3, -0.25) is 4.79 Å². The van der Waals surface area contributed by atoms with E-state index in [1.165, 1.54) is 11.0 Å². The van der Waals surface area contributed by atoms with E-state index in [9.17, 15) is 4.79 Å². The fourth-order valence-electron chi connectivity index (χ4n) is 2.00. The van der Waals surface area contributed by atoms with Gasteiger partial charge in [0.25, 0.3) is 0 Å². The molecule has 1 N–H and O–H groups in total. The van der Waals surface area contributed by atoms with Crippen molar-refractivity contribution in [1.29, 1.82) is 0 Å². The molecule has 8 nitrogen and oxygen atoms in total. The number of tetrazole rings is 1. The molecule has 22 heavy (non-hydrogen) atoms. The van der Waals surface area contributed by atoms with Gasteiger partial charge in [-0.2, -0.15) is 0 Å². The van der Waals surface area contributed by atoms with E-state index in [2.05, 4.69) is 20.8 Å². The lowest BCUT2D eigenvalue weighted by Gasteiger charge is -2.17. The van der Waals surface area contributed by atoms with Crippen molar-refractivity contribution in [3.63, 3.8) is 0 Å². The fourth-order valence-corrected chi connectivity index (χ4v) is 2.00. The molecule has 1 atom stereocenters. The lowest BCUT2D eigenvalue weighted by atomic mass is 10.1. The molecule has 1 heterocycles. The van der Waals surface area contributed by atoms with Crippen LogP contribution in [0.4, 0.5) is 0 Å². The third kappa shape index (κ3) is 3.94. The van der Waals surface area contributed by atoms with E-state index in [1.54, 1.807) is 7.11 Å². The molecule has 0 saturated carbocycles. The zero-order valence-corrected chi connectivity index (χ0v) is 12.8. The molecule has 0 spiro atoms. The third-order valence-corrected chi connectivity index (χ3v) is 3.06. The summed E-state index contributed by atoms with van der Waals surface area (Å²) >= 11 is 0. The minimum Gasteiger partial charge on any atom is -0.493 e. The SMILES string of the molecule is CCOc1ccc([C@@H](C)NC(=O)Cn2cnnn2)cc1OC. The number of hydrogen-bond acceptors (Lipinski definition) is 6. The standard InChI is InChI=1S/C14H19N5O3/c1-4-22-12-6-5-11(7-13(12)21-3)10(2)16-14(20)8-19-9-15-17-18-19/h5-7,9-10H,4,8H2,1-3H3,(H,16,20)/t10-/m1/s1. The molecule has 0 aliphatic rings. The number of rotatable bonds is 7. The molecule has 118 valence electrons. The molecular weight excluding hydrogens is 286 g/mol. The van der Waals surface area contributed by atoms with E-state index in [4.69, 9.17) is 9.47 Å². The predicted molar refractivity (Wildman–Crippen MR) is 78.5 cm³/mol. The van der Waals surface area contributed by atoms with E-state index in [0.29, 0.717) is 18.1 Å². The maximum Gasteiger partial charge on any atom is 0.242 e. The van der Waals surface area contributed by atoms with Crippen molar-refractivity contribution in [1.82, 2.24) is 25.5 Å². The van der Waals surface area contributed by atoms with Crippen molar-refractivity contribution < 1.29 is 14.3 Å². The van der Waals surface area contributed by atoms with Gasteiger partial charge in [-0.05, 0) is 42.0 Å². The molecule has 0 aliphatic heterocycles. The monoisotopic (exact) mass is 305 g/mol. The van der Waals surface area contributed by atoms with Crippen LogP contribution in [0.3, 0.4) is 0 Å². The van der Waals surface area contributed by atoms with E-state index in [-0.39, 0.29) is 18.5 Å². The normalized spacial score (nSPS) is 11.8. The summed E-state index contributed by atoms with van der Waals surface area (Å²) in [6.45, 7) is 4.45. The molecule has 1 amide bonds. The molecular formula is C14H19N5O3. The van der Waals surface area contributed by atoms with Gasteiger partial charge in [0.05, 0.1) is 19.8 Å². The molecule has 0 saturated heterocycles. The molecule has 1 aromatic carbocycles. The van der Waals surface area contributed by atoms with E-state index in [0.717, 1.165) is 5.56 Å². The Morgan fingerprint density at radius 2 is 2.23 bits per heavy atom. The van der Waals surface area contributed by atoms with Crippen molar-refractivity contribution >= 4 is 5.91 Å². The quantitative estimate of drug-likeness (QED) is 0.819. The molecule has 0 fully saturated rings. The van der Waals surface area contributed by atoms with Gasteiger partial charge in [-0.25, -0.2) is 4.68 Å². The summed E-state index contributed by atoms with van der Waals surface area (Å²) < 4.78 is 12.1. The summed E-state index contributed by atoms with van der Waals surface area (Å²) in [7, 11) is 1.59. The van der Waals surface area contributed by atoms with Gasteiger partial charge in [-0.15, -0.1) is 5.10 Å². The first-order chi connectivity index (χ1) is 10.6. The van der Waals surface area contributed by atoms with Crippen LogP contribution in [0.15, 0.2) is 24.5 Å². The first kappa shape index (κ1) is 15.7. The van der Waals surface area contributed by atoms with Crippen molar-refractivity contribution in [2.75, 3.05) is 13.7 Å². The average Bonchev–Trinajstić information content (AvgIpc) is 3.00. The van der Waals surface area contributed by atoms with E-state index >= 15 is 0 Å². The Morgan fingerprint density at radius 1 is 1.41 bits per heavy atom. The summed E-state index contributed by atoms with van der Waals surface area (Å²) in [4.78, 5) is 11.9. The van der Waals surface area contributed by atoms with Gasteiger partial charge in [0.15, 0.2) is 11.5 Å². The lowest BCUT2D eigenvalue weighted by molar-refractivity contribution is -0.122. The second-order valence-electron chi connectivity index (χ2n) is 4.64. The Morgan fingerprint density at radius 3 is 2.86 bits per heavy atom. The Hall–Kier alpha value is -2.64. The highest BCUT2D eigenvalue weighted by Gasteiger charge is 2.13. The van der Waals surface area contributed by atoms with E-state index in [1.807, 2.05) is 32.0 Å². The Labute approximate surface area is 128 Å². The molecule has 2 rings (SSSR count). The van der Waals surface area contributed by atoms with Crippen LogP contribution in [0.25, 0.3) is 0 Å². The van der Waals surface area contributed by atoms with Crippen LogP contribution in [0.2, 0.25) is 0 Å². The highest BCUT2D eigenvalue weighted by Crippen LogP contribution is 2.30. The number of nitrogens with zero attached hydrogens (tertiary/aromatic N) is 4. The van der Waals surface area contributed by atoms with Crippen LogP contribution >= 0.6 is 0 Å². The number of amides is 1. The van der Waals surface area contributed by atoms with Gasteiger partial charge in [0, 0.05) is 0 Å². The van der Waals surface area contributed by atoms with Gasteiger partial charge in [-0.1, -0.05) is 6.07 Å². The number of nitrogens with one attached hydrogen (secondary N) is 1. The number of benzene rings is 1. The second-order valence-corrected chi connectivity index (χ2v) is 4.64. The van der Waals surface area contributed by atoms with Crippen molar-refractivity contribution in [2.24, 2.45) is 0 Å². The largest absolute Gasteiger partial charge is 0.493 e. The van der Waals surface area contributed by atoms with Crippen molar-refractivity contribution in [3.8, 4) is 11.5 Å². The number of methoxy groups -OCH3 is 1. The Balaban J connectivity index is 2.02. The molecule has 1 aromatic heterocycles. The Kier molecular flexibility index (Phi) is 5.29. The Bertz CT molecular complexity index is 615. The molecule has 0 bridgehead atoms. The first-order valence-corrected chi connectivity index (χ1v) is 6.95. The molecule has 0 radical (unpaired) electrons. The summed E-state index contributed by atoms with van der Waals surface area (Å²) in [5, 5.41) is 13.5. The van der Waals surface area contributed by atoms with Gasteiger partial charge in [0.1, 0.15) is 12.9 Å². The van der Waals surface area contributed by atoms with Gasteiger partial charge < -0.3 is 14.8 Å². The molecule has 8 heteroatoms. The van der Waals surface area contributed by atoms with Gasteiger partial charge >= 0.3 is 0 Å². The molecule has 0 unspecified atom stereocenters. The summed E-state index contributed by atoms with van der Waals surface area (Å²) in [6, 6.07) is 5.41. The maximum absolute atomic E-state index is 11.9. The fraction of sp³-hybridized carbons (Fsp3) is 0.429. The summed E-state index contributed by atoms with van der Waals surface area (Å²) in [5.74, 6) is 1.15. The van der Waals surface area contributed by atoms with E-state index < -0.39 is 0 Å². The molecule has 0 aliphatic carbocycles. The topological polar surface area (TPSA) is 91.2 Å². The average molecular weight is 305 g/mol. The number of aromatic nitrogens is 4. The van der Waals surface area contributed by atoms with Crippen LogP contribution < -0.4 is 14.8 Å². The minimum atomic E-state index is -0.173. The van der Waals surface area contributed by atoms with Crippen LogP contribution in [0.5, 0.6) is 11.5 Å². The highest BCUT2D eigenvalue weighted by molar-refractivity contribution is 5.76. The number of carbonyl (C=O) groups is 1. The maximum atomic E-state index is 11.9. The van der Waals surface area contributed by atoms with Crippen molar-refractivity contribution in [2.45, 2.75) is 26.4 Å². The van der Waals surface area contributed by atoms with Crippen LogP contribution in [-0.2, 0) is 11.3 Å².